The number of hydroxylamine groups is 1. The fourth-order valence-corrected chi connectivity index (χ4v) is 5.05. The van der Waals surface area contributed by atoms with E-state index in [0.29, 0.717) is 37.0 Å². The van der Waals surface area contributed by atoms with Crippen molar-refractivity contribution in [3.05, 3.63) is 71.4 Å². The average molecular weight is 505 g/mol. The van der Waals surface area contributed by atoms with Crippen LogP contribution in [0, 0.1) is 6.92 Å². The van der Waals surface area contributed by atoms with E-state index in [2.05, 4.69) is 15.6 Å². The Kier molecular flexibility index (Phi) is 8.03. The van der Waals surface area contributed by atoms with E-state index in [4.69, 9.17) is 9.94 Å². The van der Waals surface area contributed by atoms with E-state index in [-0.39, 0.29) is 30.9 Å². The van der Waals surface area contributed by atoms with Gasteiger partial charge < -0.3 is 15.4 Å². The summed E-state index contributed by atoms with van der Waals surface area (Å²) < 4.78 is 6.14. The van der Waals surface area contributed by atoms with E-state index in [1.54, 1.807) is 29.7 Å². The number of ether oxygens (including phenoxy) is 1. The molecule has 0 radical (unpaired) electrons. The third kappa shape index (κ3) is 6.42. The van der Waals surface area contributed by atoms with Gasteiger partial charge in [-0.05, 0) is 56.9 Å². The first-order valence-corrected chi connectivity index (χ1v) is 12.4. The lowest BCUT2D eigenvalue weighted by Gasteiger charge is -2.40. The number of rotatable bonds is 8. The van der Waals surface area contributed by atoms with Gasteiger partial charge in [0, 0.05) is 35.1 Å². The Balaban J connectivity index is 1.52. The first kappa shape index (κ1) is 26.1. The zero-order valence-corrected chi connectivity index (χ0v) is 21.0. The highest BCUT2D eigenvalue weighted by molar-refractivity contribution is 5.97. The molecular formula is C28H32N4O5. The van der Waals surface area contributed by atoms with Gasteiger partial charge in [0.15, 0.2) is 0 Å². The number of amides is 3. The maximum atomic E-state index is 13.5. The van der Waals surface area contributed by atoms with Crippen molar-refractivity contribution in [2.24, 2.45) is 0 Å². The summed E-state index contributed by atoms with van der Waals surface area (Å²) in [5.41, 5.74) is 3.89. The second-order valence-corrected chi connectivity index (χ2v) is 9.65. The molecule has 0 spiro atoms. The fraction of sp³-hybridized carbons (Fsp3) is 0.357. The number of fused-ring (bicyclic) bond motifs is 1. The van der Waals surface area contributed by atoms with Gasteiger partial charge in [0.1, 0.15) is 12.4 Å². The van der Waals surface area contributed by atoms with Crippen LogP contribution in [0.1, 0.15) is 60.6 Å². The maximum Gasteiger partial charge on any atom is 0.255 e. The molecule has 0 bridgehead atoms. The molecule has 2 aromatic carbocycles. The molecule has 9 heteroatoms. The SMILES string of the molecule is CC(=O)NC1CCC(CC(=O)NO)(NC(=O)c2ccccc2OCc2cc(C)nc3ccccc23)CC1. The Hall–Kier alpha value is -3.98. The van der Waals surface area contributed by atoms with Crippen LogP contribution in [0.3, 0.4) is 0 Å². The van der Waals surface area contributed by atoms with Gasteiger partial charge in [-0.1, -0.05) is 30.3 Å². The Morgan fingerprint density at radius 2 is 1.78 bits per heavy atom. The van der Waals surface area contributed by atoms with E-state index in [1.165, 1.54) is 6.92 Å². The highest BCUT2D eigenvalue weighted by atomic mass is 16.5. The standard InChI is InChI=1S/C28H32N4O5/c1-18-15-20(22-7-3-5-9-24(22)29-18)17-37-25-10-6-4-8-23(25)27(35)31-28(16-26(34)32-36)13-11-21(12-14-28)30-19(2)33/h3-10,15,21,36H,11-14,16-17H2,1-2H3,(H,30,33)(H,31,35)(H,32,34). The molecule has 4 rings (SSSR count). The monoisotopic (exact) mass is 504 g/mol. The van der Waals surface area contributed by atoms with Crippen LogP contribution in [-0.4, -0.2) is 39.5 Å². The summed E-state index contributed by atoms with van der Waals surface area (Å²) in [6, 6.07) is 16.8. The summed E-state index contributed by atoms with van der Waals surface area (Å²) in [4.78, 5) is 41.6. The molecule has 0 unspecified atom stereocenters. The van der Waals surface area contributed by atoms with Crippen molar-refractivity contribution >= 4 is 28.6 Å². The molecule has 1 fully saturated rings. The largest absolute Gasteiger partial charge is 0.488 e. The summed E-state index contributed by atoms with van der Waals surface area (Å²) in [6.07, 6.45) is 2.08. The molecule has 3 aromatic rings. The van der Waals surface area contributed by atoms with E-state index in [1.807, 2.05) is 37.3 Å². The number of hydrogen-bond donors (Lipinski definition) is 4. The summed E-state index contributed by atoms with van der Waals surface area (Å²) in [5, 5.41) is 16.1. The number of pyridine rings is 1. The van der Waals surface area contributed by atoms with Gasteiger partial charge in [-0.25, -0.2) is 5.48 Å². The number of carbonyl (C=O) groups is 3. The predicted octanol–water partition coefficient (Wildman–Crippen LogP) is 3.57. The summed E-state index contributed by atoms with van der Waals surface area (Å²) in [6.45, 7) is 3.65. The molecule has 3 amide bonds. The van der Waals surface area contributed by atoms with Crippen LogP contribution in [0.2, 0.25) is 0 Å². The van der Waals surface area contributed by atoms with Crippen LogP contribution in [0.15, 0.2) is 54.6 Å². The number of aryl methyl sites for hydroxylation is 1. The topological polar surface area (TPSA) is 130 Å². The summed E-state index contributed by atoms with van der Waals surface area (Å²) >= 11 is 0. The van der Waals surface area contributed by atoms with Crippen molar-refractivity contribution in [2.45, 2.75) is 64.1 Å². The number of nitrogens with one attached hydrogen (secondary N) is 3. The fourth-order valence-electron chi connectivity index (χ4n) is 5.05. The molecule has 1 aliphatic carbocycles. The third-order valence-corrected chi connectivity index (χ3v) is 6.80. The number of hydrogen-bond acceptors (Lipinski definition) is 6. The highest BCUT2D eigenvalue weighted by Crippen LogP contribution is 2.33. The normalized spacial score (nSPS) is 19.2. The van der Waals surface area contributed by atoms with E-state index in [9.17, 15) is 14.4 Å². The zero-order chi connectivity index (χ0) is 26.4. The average Bonchev–Trinajstić information content (AvgIpc) is 2.88. The number of carbonyl (C=O) groups excluding carboxylic acids is 3. The molecule has 1 aliphatic rings. The quantitative estimate of drug-likeness (QED) is 0.274. The van der Waals surface area contributed by atoms with Crippen molar-refractivity contribution in [1.82, 2.24) is 21.1 Å². The van der Waals surface area contributed by atoms with E-state index in [0.717, 1.165) is 22.2 Å². The maximum absolute atomic E-state index is 13.5. The molecule has 194 valence electrons. The van der Waals surface area contributed by atoms with Gasteiger partial charge in [0.05, 0.1) is 17.5 Å². The van der Waals surface area contributed by atoms with Crippen molar-refractivity contribution in [2.75, 3.05) is 0 Å². The second-order valence-electron chi connectivity index (χ2n) is 9.65. The Labute approximate surface area is 215 Å². The van der Waals surface area contributed by atoms with E-state index < -0.39 is 11.4 Å². The van der Waals surface area contributed by atoms with Gasteiger partial charge in [0.2, 0.25) is 11.8 Å². The van der Waals surface area contributed by atoms with Crippen LogP contribution in [0.5, 0.6) is 5.75 Å². The Morgan fingerprint density at radius 3 is 2.51 bits per heavy atom. The zero-order valence-electron chi connectivity index (χ0n) is 21.0. The molecule has 4 N–H and O–H groups in total. The first-order valence-electron chi connectivity index (χ1n) is 12.4. The molecule has 0 atom stereocenters. The van der Waals surface area contributed by atoms with Crippen LogP contribution in [-0.2, 0) is 16.2 Å². The molecule has 9 nitrogen and oxygen atoms in total. The smallest absolute Gasteiger partial charge is 0.255 e. The summed E-state index contributed by atoms with van der Waals surface area (Å²) in [5.74, 6) is -0.636. The number of aromatic nitrogens is 1. The minimum Gasteiger partial charge on any atom is -0.488 e. The van der Waals surface area contributed by atoms with Crippen molar-refractivity contribution < 1.29 is 24.3 Å². The van der Waals surface area contributed by atoms with Gasteiger partial charge in [-0.2, -0.15) is 0 Å². The van der Waals surface area contributed by atoms with Crippen molar-refractivity contribution in [3.8, 4) is 5.75 Å². The predicted molar refractivity (Wildman–Crippen MR) is 138 cm³/mol. The van der Waals surface area contributed by atoms with Gasteiger partial charge >= 0.3 is 0 Å². The molecular weight excluding hydrogens is 472 g/mol. The molecule has 0 aliphatic heterocycles. The Bertz CT molecular complexity index is 1300. The minimum absolute atomic E-state index is 0.0195. The number of nitrogens with zero attached hydrogens (tertiary/aromatic N) is 1. The third-order valence-electron chi connectivity index (χ3n) is 6.80. The number of benzene rings is 2. The molecule has 1 heterocycles. The van der Waals surface area contributed by atoms with Gasteiger partial charge in [-0.15, -0.1) is 0 Å². The van der Waals surface area contributed by atoms with Gasteiger partial charge in [0.25, 0.3) is 5.91 Å². The van der Waals surface area contributed by atoms with Crippen LogP contribution in [0.25, 0.3) is 10.9 Å². The van der Waals surface area contributed by atoms with E-state index >= 15 is 0 Å². The summed E-state index contributed by atoms with van der Waals surface area (Å²) in [7, 11) is 0. The molecule has 1 saturated carbocycles. The number of para-hydroxylation sites is 2. The molecule has 0 saturated heterocycles. The Morgan fingerprint density at radius 1 is 1.08 bits per heavy atom. The minimum atomic E-state index is -0.857. The van der Waals surface area contributed by atoms with Crippen molar-refractivity contribution in [1.29, 1.82) is 0 Å². The second kappa shape index (κ2) is 11.4. The molecule has 1 aromatic heterocycles. The van der Waals surface area contributed by atoms with Crippen LogP contribution >= 0.6 is 0 Å². The highest BCUT2D eigenvalue weighted by Gasteiger charge is 2.39. The molecule has 37 heavy (non-hydrogen) atoms. The first-order chi connectivity index (χ1) is 17.8. The lowest BCUT2D eigenvalue weighted by Crippen LogP contribution is -2.55. The van der Waals surface area contributed by atoms with Crippen LogP contribution in [0.4, 0.5) is 0 Å². The lowest BCUT2D eigenvalue weighted by molar-refractivity contribution is -0.131. The van der Waals surface area contributed by atoms with Gasteiger partial charge in [-0.3, -0.25) is 24.6 Å². The van der Waals surface area contributed by atoms with Crippen LogP contribution < -0.4 is 20.9 Å². The lowest BCUT2D eigenvalue weighted by atomic mass is 9.76. The van der Waals surface area contributed by atoms with Crippen molar-refractivity contribution in [3.63, 3.8) is 0 Å².